The predicted molar refractivity (Wildman–Crippen MR) is 81.6 cm³/mol. The molecule has 0 saturated carbocycles. The smallest absolute Gasteiger partial charge is 0.171 e. The van der Waals surface area contributed by atoms with E-state index in [9.17, 15) is 9.18 Å². The van der Waals surface area contributed by atoms with Crippen molar-refractivity contribution < 1.29 is 13.9 Å². The van der Waals surface area contributed by atoms with Crippen LogP contribution in [0.4, 0.5) is 4.39 Å². The van der Waals surface area contributed by atoms with E-state index in [1.54, 1.807) is 19.1 Å². The standard InChI is InChI=1S/C16H18FNO2S/c1-10(19)14-15(16(2,3)4)18-13(21-14)9-20-12-7-5-11(17)6-8-12/h5-8H,9H2,1-4H3. The van der Waals surface area contributed by atoms with Crippen molar-refractivity contribution >= 4 is 17.1 Å². The number of rotatable bonds is 4. The van der Waals surface area contributed by atoms with E-state index in [0.29, 0.717) is 10.6 Å². The lowest BCUT2D eigenvalue weighted by Gasteiger charge is -2.16. The third-order valence-electron chi connectivity index (χ3n) is 2.88. The molecule has 112 valence electrons. The van der Waals surface area contributed by atoms with Crippen molar-refractivity contribution in [1.29, 1.82) is 0 Å². The van der Waals surface area contributed by atoms with E-state index in [-0.39, 0.29) is 23.6 Å². The van der Waals surface area contributed by atoms with Gasteiger partial charge in [0.15, 0.2) is 5.78 Å². The molecule has 0 fully saturated rings. The number of hydrogen-bond donors (Lipinski definition) is 0. The zero-order valence-corrected chi connectivity index (χ0v) is 13.4. The second-order valence-electron chi connectivity index (χ2n) is 5.83. The number of benzene rings is 1. The van der Waals surface area contributed by atoms with Gasteiger partial charge >= 0.3 is 0 Å². The minimum absolute atomic E-state index is 0.0189. The van der Waals surface area contributed by atoms with Crippen molar-refractivity contribution in [2.24, 2.45) is 0 Å². The molecule has 21 heavy (non-hydrogen) atoms. The summed E-state index contributed by atoms with van der Waals surface area (Å²) in [7, 11) is 0. The lowest BCUT2D eigenvalue weighted by Crippen LogP contribution is -2.15. The van der Waals surface area contributed by atoms with Crippen LogP contribution in [0.2, 0.25) is 0 Å². The summed E-state index contributed by atoms with van der Waals surface area (Å²) in [6, 6.07) is 5.83. The Labute approximate surface area is 127 Å². The van der Waals surface area contributed by atoms with Crippen LogP contribution < -0.4 is 4.74 Å². The summed E-state index contributed by atoms with van der Waals surface area (Å²) >= 11 is 1.36. The van der Waals surface area contributed by atoms with Gasteiger partial charge in [-0.25, -0.2) is 9.37 Å². The van der Waals surface area contributed by atoms with Crippen molar-refractivity contribution in [1.82, 2.24) is 4.98 Å². The Bertz CT molecular complexity index is 641. The van der Waals surface area contributed by atoms with Crippen LogP contribution in [0.1, 0.15) is 48.1 Å². The topological polar surface area (TPSA) is 39.2 Å². The van der Waals surface area contributed by atoms with Gasteiger partial charge in [0.25, 0.3) is 0 Å². The molecule has 2 aromatic rings. The summed E-state index contributed by atoms with van der Waals surface area (Å²) in [5.74, 6) is 0.296. The number of ketones is 1. The van der Waals surface area contributed by atoms with E-state index in [1.165, 1.54) is 23.5 Å². The Kier molecular flexibility index (Phi) is 4.42. The summed E-state index contributed by atoms with van der Waals surface area (Å²) in [4.78, 5) is 16.9. The summed E-state index contributed by atoms with van der Waals surface area (Å²) < 4.78 is 18.4. The van der Waals surface area contributed by atoms with E-state index < -0.39 is 0 Å². The van der Waals surface area contributed by atoms with Crippen LogP contribution >= 0.6 is 11.3 Å². The third kappa shape index (κ3) is 3.88. The van der Waals surface area contributed by atoms with Gasteiger partial charge in [-0.3, -0.25) is 4.79 Å². The van der Waals surface area contributed by atoms with E-state index in [1.807, 2.05) is 20.8 Å². The van der Waals surface area contributed by atoms with Gasteiger partial charge in [0.2, 0.25) is 0 Å². The quantitative estimate of drug-likeness (QED) is 0.788. The fourth-order valence-corrected chi connectivity index (χ4v) is 2.93. The van der Waals surface area contributed by atoms with E-state index in [2.05, 4.69) is 4.98 Å². The molecule has 3 nitrogen and oxygen atoms in total. The molecule has 0 spiro atoms. The highest BCUT2D eigenvalue weighted by Crippen LogP contribution is 2.30. The number of ether oxygens (including phenoxy) is 1. The molecule has 0 aliphatic heterocycles. The maximum atomic E-state index is 12.8. The number of Topliss-reactive ketones (excluding diaryl/α,β-unsaturated/α-hetero) is 1. The molecule has 0 bridgehead atoms. The van der Waals surface area contributed by atoms with Crippen LogP contribution in [0.5, 0.6) is 5.75 Å². The van der Waals surface area contributed by atoms with Gasteiger partial charge in [-0.15, -0.1) is 11.3 Å². The molecule has 0 aliphatic carbocycles. The average molecular weight is 307 g/mol. The van der Waals surface area contributed by atoms with Crippen LogP contribution in [0, 0.1) is 5.82 Å². The van der Waals surface area contributed by atoms with Gasteiger partial charge in [-0.1, -0.05) is 20.8 Å². The maximum absolute atomic E-state index is 12.8. The van der Waals surface area contributed by atoms with Gasteiger partial charge in [0, 0.05) is 12.3 Å². The Morgan fingerprint density at radius 2 is 1.90 bits per heavy atom. The highest BCUT2D eigenvalue weighted by Gasteiger charge is 2.25. The number of thiazole rings is 1. The number of carbonyl (C=O) groups is 1. The van der Waals surface area contributed by atoms with Crippen LogP contribution in [-0.4, -0.2) is 10.8 Å². The number of halogens is 1. The lowest BCUT2D eigenvalue weighted by molar-refractivity contribution is 0.101. The second kappa shape index (κ2) is 5.93. The van der Waals surface area contributed by atoms with Crippen molar-refractivity contribution in [2.75, 3.05) is 0 Å². The molecule has 0 saturated heterocycles. The molecular formula is C16H18FNO2S. The molecule has 0 aliphatic rings. The largest absolute Gasteiger partial charge is 0.486 e. The van der Waals surface area contributed by atoms with E-state index in [0.717, 1.165) is 10.7 Å². The monoisotopic (exact) mass is 307 g/mol. The van der Waals surface area contributed by atoms with Crippen LogP contribution in [-0.2, 0) is 12.0 Å². The first-order valence-electron chi connectivity index (χ1n) is 6.67. The summed E-state index contributed by atoms with van der Waals surface area (Å²) in [6.07, 6.45) is 0. The SMILES string of the molecule is CC(=O)c1sc(COc2ccc(F)cc2)nc1C(C)(C)C. The number of nitrogens with zero attached hydrogens (tertiary/aromatic N) is 1. The summed E-state index contributed by atoms with van der Waals surface area (Å²) in [5, 5.41) is 0.745. The van der Waals surface area contributed by atoms with Crippen molar-refractivity contribution in [3.05, 3.63) is 45.7 Å². The zero-order valence-electron chi connectivity index (χ0n) is 12.6. The van der Waals surface area contributed by atoms with Gasteiger partial charge in [0.1, 0.15) is 23.2 Å². The molecule has 0 atom stereocenters. The third-order valence-corrected chi connectivity index (χ3v) is 4.01. The number of carbonyl (C=O) groups excluding carboxylic acids is 1. The van der Waals surface area contributed by atoms with Gasteiger partial charge < -0.3 is 4.74 Å². The van der Waals surface area contributed by atoms with Crippen molar-refractivity contribution in [3.63, 3.8) is 0 Å². The van der Waals surface area contributed by atoms with Crippen LogP contribution in [0.15, 0.2) is 24.3 Å². The number of aromatic nitrogens is 1. The average Bonchev–Trinajstić information content (AvgIpc) is 2.82. The molecule has 0 amide bonds. The summed E-state index contributed by atoms with van der Waals surface area (Å²) in [6.45, 7) is 7.90. The predicted octanol–water partition coefficient (Wildman–Crippen LogP) is 4.36. The van der Waals surface area contributed by atoms with Gasteiger partial charge in [-0.2, -0.15) is 0 Å². The van der Waals surface area contributed by atoms with Gasteiger partial charge in [-0.05, 0) is 24.3 Å². The highest BCUT2D eigenvalue weighted by molar-refractivity contribution is 7.13. The maximum Gasteiger partial charge on any atom is 0.171 e. The zero-order chi connectivity index (χ0) is 15.6. The Hall–Kier alpha value is -1.75. The molecule has 5 heteroatoms. The Morgan fingerprint density at radius 3 is 2.38 bits per heavy atom. The first kappa shape index (κ1) is 15.6. The second-order valence-corrected chi connectivity index (χ2v) is 6.92. The number of hydrogen-bond acceptors (Lipinski definition) is 4. The molecule has 0 N–H and O–H groups in total. The highest BCUT2D eigenvalue weighted by atomic mass is 32.1. The Morgan fingerprint density at radius 1 is 1.29 bits per heavy atom. The van der Waals surface area contributed by atoms with Gasteiger partial charge in [0.05, 0.1) is 10.6 Å². The van der Waals surface area contributed by atoms with Crippen molar-refractivity contribution in [2.45, 2.75) is 39.7 Å². The normalized spacial score (nSPS) is 11.5. The minimum Gasteiger partial charge on any atom is -0.486 e. The fourth-order valence-electron chi connectivity index (χ4n) is 1.85. The molecule has 2 rings (SSSR count). The molecule has 0 radical (unpaired) electrons. The van der Waals surface area contributed by atoms with E-state index in [4.69, 9.17) is 4.74 Å². The molecule has 1 aromatic carbocycles. The van der Waals surface area contributed by atoms with Crippen LogP contribution in [0.3, 0.4) is 0 Å². The fraction of sp³-hybridized carbons (Fsp3) is 0.375. The van der Waals surface area contributed by atoms with E-state index >= 15 is 0 Å². The molecule has 1 heterocycles. The summed E-state index contributed by atoms with van der Waals surface area (Å²) in [5.41, 5.74) is 0.615. The van der Waals surface area contributed by atoms with Crippen molar-refractivity contribution in [3.8, 4) is 5.75 Å². The molecule has 0 unspecified atom stereocenters. The minimum atomic E-state index is -0.300. The van der Waals surface area contributed by atoms with Crippen LogP contribution in [0.25, 0.3) is 0 Å². The first-order chi connectivity index (χ1) is 9.77. The Balaban J connectivity index is 2.17. The molecular weight excluding hydrogens is 289 g/mol. The lowest BCUT2D eigenvalue weighted by atomic mass is 9.91. The first-order valence-corrected chi connectivity index (χ1v) is 7.48. The molecule has 1 aromatic heterocycles.